The van der Waals surface area contributed by atoms with Crippen molar-refractivity contribution in [2.24, 2.45) is 0 Å². The molecule has 5 rings (SSSR count). The molecule has 0 radical (unpaired) electrons. The van der Waals surface area contributed by atoms with E-state index in [-0.39, 0.29) is 0 Å². The molecule has 0 aliphatic carbocycles. The normalized spacial score (nSPS) is 21.4. The Balaban J connectivity index is 1.42. The fourth-order valence-electron chi connectivity index (χ4n) is 5.75. The number of aromatic nitrogens is 2. The molecule has 0 saturated carbocycles. The quantitative estimate of drug-likeness (QED) is 0.533. The van der Waals surface area contributed by atoms with Gasteiger partial charge in [-0.05, 0) is 70.3 Å². The number of nitrogens with zero attached hydrogens (tertiary/aromatic N) is 5. The number of piperidine rings is 1. The first-order valence-corrected chi connectivity index (χ1v) is 14.1. The van der Waals surface area contributed by atoms with Crippen LogP contribution >= 0.6 is 0 Å². The van der Waals surface area contributed by atoms with Crippen LogP contribution in [0.1, 0.15) is 57.4 Å². The van der Waals surface area contributed by atoms with Gasteiger partial charge in [-0.1, -0.05) is 18.8 Å². The molecule has 37 heavy (non-hydrogen) atoms. The molecule has 3 fully saturated rings. The van der Waals surface area contributed by atoms with E-state index in [9.17, 15) is 4.39 Å². The van der Waals surface area contributed by atoms with Crippen LogP contribution in [0.2, 0.25) is 0 Å². The third kappa shape index (κ3) is 6.45. The van der Waals surface area contributed by atoms with Crippen LogP contribution in [0.4, 0.5) is 16.2 Å². The van der Waals surface area contributed by atoms with E-state index in [1.54, 1.807) is 7.11 Å². The Kier molecular flexibility index (Phi) is 8.62. The van der Waals surface area contributed by atoms with Crippen molar-refractivity contribution >= 4 is 22.7 Å². The van der Waals surface area contributed by atoms with Crippen molar-refractivity contribution in [3.05, 3.63) is 17.7 Å². The lowest BCUT2D eigenvalue weighted by atomic mass is 10.0. The van der Waals surface area contributed by atoms with Crippen LogP contribution in [-0.4, -0.2) is 91.4 Å². The van der Waals surface area contributed by atoms with Crippen molar-refractivity contribution < 1.29 is 9.13 Å². The van der Waals surface area contributed by atoms with E-state index in [0.717, 1.165) is 73.5 Å². The first-order chi connectivity index (χ1) is 18.1. The SMILES string of the molecule is CCCN1CCC(Nc2nc(N3CC[C@@H](F)C3)nc3cc(C#CCCN4CCCC4)c(OC)cc23)CC1. The number of likely N-dealkylation sites (tertiary alicyclic amines) is 2. The molecule has 3 aliphatic heterocycles. The number of ether oxygens (including phenoxy) is 1. The van der Waals surface area contributed by atoms with Gasteiger partial charge < -0.3 is 24.8 Å². The number of halogens is 1. The lowest BCUT2D eigenvalue weighted by Gasteiger charge is -2.32. The molecule has 4 heterocycles. The van der Waals surface area contributed by atoms with Crippen LogP contribution in [0.3, 0.4) is 0 Å². The van der Waals surface area contributed by atoms with Gasteiger partial charge in [0, 0.05) is 44.0 Å². The minimum Gasteiger partial charge on any atom is -0.495 e. The van der Waals surface area contributed by atoms with Crippen LogP contribution in [0.5, 0.6) is 5.75 Å². The predicted octanol–water partition coefficient (Wildman–Crippen LogP) is 4.31. The predicted molar refractivity (Wildman–Crippen MR) is 148 cm³/mol. The zero-order valence-corrected chi connectivity index (χ0v) is 22.4. The number of hydrogen-bond acceptors (Lipinski definition) is 7. The van der Waals surface area contributed by atoms with E-state index in [1.807, 2.05) is 17.0 Å². The Morgan fingerprint density at radius 3 is 2.51 bits per heavy atom. The summed E-state index contributed by atoms with van der Waals surface area (Å²) in [4.78, 5) is 16.8. The van der Waals surface area contributed by atoms with Crippen LogP contribution in [0.25, 0.3) is 10.9 Å². The number of anilines is 2. The first-order valence-electron chi connectivity index (χ1n) is 14.1. The zero-order chi connectivity index (χ0) is 25.6. The first kappa shape index (κ1) is 26.0. The van der Waals surface area contributed by atoms with Crippen molar-refractivity contribution in [1.29, 1.82) is 0 Å². The second-order valence-corrected chi connectivity index (χ2v) is 10.6. The summed E-state index contributed by atoms with van der Waals surface area (Å²) >= 11 is 0. The average molecular weight is 509 g/mol. The Hall–Kier alpha value is -2.63. The standard InChI is InChI=1S/C29H41FN6O/c1-3-12-34-16-10-24(11-17-34)31-28-25-20-27(37-2)22(8-4-5-13-35-14-6-7-15-35)19-26(25)32-29(33-28)36-18-9-23(30)21-36/h19-20,23-24H,3,5-7,9-18,21H2,1-2H3,(H,31,32,33)/t23-/m1/s1. The van der Waals surface area contributed by atoms with Crippen molar-refractivity contribution in [3.8, 4) is 17.6 Å². The highest BCUT2D eigenvalue weighted by molar-refractivity contribution is 5.93. The van der Waals surface area contributed by atoms with Gasteiger partial charge in [0.25, 0.3) is 0 Å². The van der Waals surface area contributed by atoms with Crippen molar-refractivity contribution in [1.82, 2.24) is 19.8 Å². The van der Waals surface area contributed by atoms with Gasteiger partial charge in [-0.2, -0.15) is 4.98 Å². The van der Waals surface area contributed by atoms with Crippen LogP contribution < -0.4 is 15.0 Å². The lowest BCUT2D eigenvalue weighted by molar-refractivity contribution is 0.219. The summed E-state index contributed by atoms with van der Waals surface area (Å²) in [5.41, 5.74) is 1.66. The molecule has 1 aromatic carbocycles. The third-order valence-electron chi connectivity index (χ3n) is 7.86. The number of methoxy groups -OCH3 is 1. The summed E-state index contributed by atoms with van der Waals surface area (Å²) in [7, 11) is 1.69. The Morgan fingerprint density at radius 2 is 1.81 bits per heavy atom. The topological polar surface area (TPSA) is 56.8 Å². The maximum Gasteiger partial charge on any atom is 0.227 e. The van der Waals surface area contributed by atoms with Gasteiger partial charge in [0.15, 0.2) is 0 Å². The number of alkyl halides is 1. The molecule has 3 saturated heterocycles. The fourth-order valence-corrected chi connectivity index (χ4v) is 5.75. The molecule has 0 amide bonds. The molecule has 0 spiro atoms. The van der Waals surface area contributed by atoms with Crippen LogP contribution in [-0.2, 0) is 0 Å². The van der Waals surface area contributed by atoms with E-state index in [4.69, 9.17) is 14.7 Å². The van der Waals surface area contributed by atoms with Gasteiger partial charge in [-0.15, -0.1) is 0 Å². The smallest absolute Gasteiger partial charge is 0.227 e. The minimum atomic E-state index is -0.827. The molecule has 2 aromatic rings. The zero-order valence-electron chi connectivity index (χ0n) is 22.4. The van der Waals surface area contributed by atoms with Gasteiger partial charge in [0.05, 0.1) is 24.7 Å². The Labute approximate surface area is 220 Å². The summed E-state index contributed by atoms with van der Waals surface area (Å²) in [6, 6.07) is 4.38. The lowest BCUT2D eigenvalue weighted by Crippen LogP contribution is -2.39. The third-order valence-corrected chi connectivity index (χ3v) is 7.86. The van der Waals surface area contributed by atoms with Crippen molar-refractivity contribution in [2.75, 3.05) is 69.7 Å². The van der Waals surface area contributed by atoms with Gasteiger partial charge in [-0.3, -0.25) is 0 Å². The maximum absolute atomic E-state index is 14.0. The van der Waals surface area contributed by atoms with Gasteiger partial charge in [0.2, 0.25) is 5.95 Å². The molecular weight excluding hydrogens is 467 g/mol. The number of nitrogens with one attached hydrogen (secondary N) is 1. The molecule has 200 valence electrons. The molecule has 0 unspecified atom stereocenters. The minimum absolute atomic E-state index is 0.347. The van der Waals surface area contributed by atoms with Gasteiger partial charge in [0.1, 0.15) is 17.7 Å². The molecule has 1 N–H and O–H groups in total. The number of hydrogen-bond donors (Lipinski definition) is 1. The Morgan fingerprint density at radius 1 is 1.03 bits per heavy atom. The molecule has 0 bridgehead atoms. The highest BCUT2D eigenvalue weighted by Crippen LogP contribution is 2.32. The van der Waals surface area contributed by atoms with Crippen molar-refractivity contribution in [2.45, 2.75) is 64.1 Å². The number of rotatable bonds is 8. The average Bonchev–Trinajstić information content (AvgIpc) is 3.59. The van der Waals surface area contributed by atoms with Crippen LogP contribution in [0, 0.1) is 11.8 Å². The molecule has 7 nitrogen and oxygen atoms in total. The Bertz CT molecular complexity index is 1120. The number of fused-ring (bicyclic) bond motifs is 1. The molecular formula is C29H41FN6O. The number of benzene rings is 1. The van der Waals surface area contributed by atoms with Crippen molar-refractivity contribution in [3.63, 3.8) is 0 Å². The fraction of sp³-hybridized carbons (Fsp3) is 0.655. The summed E-state index contributed by atoms with van der Waals surface area (Å²) < 4.78 is 19.8. The van der Waals surface area contributed by atoms with Gasteiger partial charge >= 0.3 is 0 Å². The summed E-state index contributed by atoms with van der Waals surface area (Å²) in [6.07, 6.45) is 6.47. The molecule has 1 aromatic heterocycles. The maximum atomic E-state index is 14.0. The summed E-state index contributed by atoms with van der Waals surface area (Å²) in [5.74, 6) is 8.82. The highest BCUT2D eigenvalue weighted by Gasteiger charge is 2.26. The summed E-state index contributed by atoms with van der Waals surface area (Å²) in [6.45, 7) is 9.95. The second-order valence-electron chi connectivity index (χ2n) is 10.6. The van der Waals surface area contributed by atoms with E-state index in [0.29, 0.717) is 31.5 Å². The second kappa shape index (κ2) is 12.3. The summed E-state index contributed by atoms with van der Waals surface area (Å²) in [5, 5.41) is 4.65. The largest absolute Gasteiger partial charge is 0.495 e. The van der Waals surface area contributed by atoms with E-state index in [1.165, 1.54) is 32.4 Å². The van der Waals surface area contributed by atoms with E-state index in [2.05, 4.69) is 33.9 Å². The molecule has 1 atom stereocenters. The van der Waals surface area contributed by atoms with E-state index < -0.39 is 6.17 Å². The highest BCUT2D eigenvalue weighted by atomic mass is 19.1. The van der Waals surface area contributed by atoms with Gasteiger partial charge in [-0.25, -0.2) is 9.37 Å². The monoisotopic (exact) mass is 508 g/mol. The van der Waals surface area contributed by atoms with E-state index >= 15 is 0 Å². The van der Waals surface area contributed by atoms with Crippen LogP contribution in [0.15, 0.2) is 12.1 Å². The molecule has 3 aliphatic rings. The molecule has 8 heteroatoms.